The number of aromatic nitrogens is 1. The third kappa shape index (κ3) is 3.07. The fourth-order valence-electron chi connectivity index (χ4n) is 2.61. The van der Waals surface area contributed by atoms with Gasteiger partial charge in [-0.15, -0.1) is 0 Å². The van der Waals surface area contributed by atoms with E-state index < -0.39 is 5.97 Å². The van der Waals surface area contributed by atoms with Crippen LogP contribution in [-0.4, -0.2) is 47.6 Å². The smallest absolute Gasteiger partial charge is 0.331 e. The van der Waals surface area contributed by atoms with Crippen molar-refractivity contribution < 1.29 is 14.3 Å². The van der Waals surface area contributed by atoms with Crippen LogP contribution in [0.2, 0.25) is 0 Å². The summed E-state index contributed by atoms with van der Waals surface area (Å²) in [6, 6.07) is 8.05. The lowest BCUT2D eigenvalue weighted by molar-refractivity contribution is -0.135. The van der Waals surface area contributed by atoms with Gasteiger partial charge in [-0.1, -0.05) is 18.2 Å². The molecule has 1 saturated heterocycles. The number of thioether (sulfide) groups is 1. The highest BCUT2D eigenvalue weighted by molar-refractivity contribution is 8.18. The van der Waals surface area contributed by atoms with Crippen LogP contribution in [-0.2, 0) is 20.7 Å². The largest absolute Gasteiger partial charge is 0.466 e. The molecule has 6 nitrogen and oxygen atoms in total. The van der Waals surface area contributed by atoms with Crippen molar-refractivity contribution in [1.82, 2.24) is 9.88 Å². The molecule has 0 atom stereocenters. The van der Waals surface area contributed by atoms with Gasteiger partial charge in [0.05, 0.1) is 12.0 Å². The van der Waals surface area contributed by atoms with Gasteiger partial charge in [-0.25, -0.2) is 4.79 Å². The number of nitrogens with one attached hydrogen (secondary N) is 1. The van der Waals surface area contributed by atoms with Gasteiger partial charge in [0.2, 0.25) is 0 Å². The van der Waals surface area contributed by atoms with Gasteiger partial charge in [0.1, 0.15) is 0 Å². The number of para-hydroxylation sites is 1. The highest BCUT2D eigenvalue weighted by Crippen LogP contribution is 2.31. The van der Waals surface area contributed by atoms with E-state index in [2.05, 4.69) is 20.8 Å². The van der Waals surface area contributed by atoms with E-state index in [-0.39, 0.29) is 5.91 Å². The molecule has 124 valence electrons. The molecule has 24 heavy (non-hydrogen) atoms. The molecule has 2 aromatic rings. The summed E-state index contributed by atoms with van der Waals surface area (Å²) in [5.74, 6) is -0.759. The lowest BCUT2D eigenvalue weighted by atomic mass is 10.1. The van der Waals surface area contributed by atoms with E-state index in [4.69, 9.17) is 0 Å². The molecular weight excluding hydrogens is 326 g/mol. The predicted octanol–water partition coefficient (Wildman–Crippen LogP) is 2.33. The summed E-state index contributed by atoms with van der Waals surface area (Å²) in [4.78, 5) is 33.2. The summed E-state index contributed by atoms with van der Waals surface area (Å²) in [5, 5.41) is 1.74. The first-order chi connectivity index (χ1) is 11.6. The fraction of sp³-hybridized carbons (Fsp3) is 0.235. The zero-order valence-electron chi connectivity index (χ0n) is 13.4. The predicted molar refractivity (Wildman–Crippen MR) is 94.8 cm³/mol. The Hall–Kier alpha value is -2.54. The van der Waals surface area contributed by atoms with Gasteiger partial charge >= 0.3 is 5.97 Å². The second-order valence-corrected chi connectivity index (χ2v) is 6.22. The Kier molecular flexibility index (Phi) is 4.71. The molecule has 1 N–H and O–H groups in total. The molecule has 1 amide bonds. The van der Waals surface area contributed by atoms with E-state index in [9.17, 15) is 9.59 Å². The number of esters is 1. The van der Waals surface area contributed by atoms with Crippen LogP contribution in [0, 0.1) is 0 Å². The average Bonchev–Trinajstić information content (AvgIpc) is 3.14. The van der Waals surface area contributed by atoms with Crippen LogP contribution in [0.15, 0.2) is 46.4 Å². The molecule has 1 aliphatic rings. The van der Waals surface area contributed by atoms with Crippen molar-refractivity contribution >= 4 is 39.7 Å². The van der Waals surface area contributed by atoms with Crippen molar-refractivity contribution in [1.29, 1.82) is 0 Å². The van der Waals surface area contributed by atoms with Crippen LogP contribution < -0.4 is 0 Å². The third-order valence-electron chi connectivity index (χ3n) is 3.81. The number of aromatic amines is 1. The Morgan fingerprint density at radius 1 is 1.42 bits per heavy atom. The number of amides is 1. The lowest BCUT2D eigenvalue weighted by Gasteiger charge is -2.14. The number of hydrogen-bond donors (Lipinski definition) is 1. The van der Waals surface area contributed by atoms with Crippen LogP contribution in [0.5, 0.6) is 0 Å². The van der Waals surface area contributed by atoms with Gasteiger partial charge in [0.25, 0.3) is 5.91 Å². The molecule has 1 aromatic carbocycles. The van der Waals surface area contributed by atoms with Gasteiger partial charge in [-0.05, 0) is 29.8 Å². The molecule has 1 aromatic heterocycles. The zero-order valence-corrected chi connectivity index (χ0v) is 14.2. The standard InChI is InChI=1S/C17H17N3O3S/c1-18-17-20(16(22)14(24-17)9-15(21)23-2)8-7-11-10-19-13-6-4-3-5-12(11)13/h3-6,9-10,19H,7-8H2,1-2H3/b14-9+,18-17?. The second-order valence-electron chi connectivity index (χ2n) is 5.21. The summed E-state index contributed by atoms with van der Waals surface area (Å²) < 4.78 is 4.59. The highest BCUT2D eigenvalue weighted by atomic mass is 32.2. The molecule has 0 unspecified atom stereocenters. The summed E-state index contributed by atoms with van der Waals surface area (Å²) >= 11 is 1.19. The minimum atomic E-state index is -0.542. The first-order valence-corrected chi connectivity index (χ1v) is 8.27. The molecule has 0 bridgehead atoms. The lowest BCUT2D eigenvalue weighted by Crippen LogP contribution is -2.31. The maximum atomic E-state index is 12.5. The maximum Gasteiger partial charge on any atom is 0.331 e. The summed E-state index contributed by atoms with van der Waals surface area (Å²) in [6.45, 7) is 0.499. The SMILES string of the molecule is CN=C1S/C(=C/C(=O)OC)C(=O)N1CCc1c[nH]c2ccccc12. The number of carbonyl (C=O) groups excluding carboxylic acids is 2. The zero-order chi connectivity index (χ0) is 17.1. The number of H-pyrrole nitrogens is 1. The first kappa shape index (κ1) is 16.3. The number of carbonyl (C=O) groups is 2. The van der Waals surface area contributed by atoms with Crippen LogP contribution in [0.1, 0.15) is 5.56 Å². The number of fused-ring (bicyclic) bond motifs is 1. The number of ether oxygens (including phenoxy) is 1. The molecule has 0 aliphatic carbocycles. The van der Waals surface area contributed by atoms with Gasteiger partial charge < -0.3 is 9.72 Å². The van der Waals surface area contributed by atoms with Crippen molar-refractivity contribution in [2.24, 2.45) is 4.99 Å². The van der Waals surface area contributed by atoms with Gasteiger partial charge in [-0.2, -0.15) is 0 Å². The van der Waals surface area contributed by atoms with Gasteiger partial charge in [0, 0.05) is 36.8 Å². The molecule has 2 heterocycles. The number of hydrogen-bond acceptors (Lipinski definition) is 5. The Morgan fingerprint density at radius 2 is 2.21 bits per heavy atom. The molecule has 1 fully saturated rings. The Bertz CT molecular complexity index is 854. The van der Waals surface area contributed by atoms with E-state index in [1.54, 1.807) is 11.9 Å². The first-order valence-electron chi connectivity index (χ1n) is 7.45. The molecule has 3 rings (SSSR count). The number of benzene rings is 1. The number of aliphatic imine (C=N–C) groups is 1. The Balaban J connectivity index is 1.77. The third-order valence-corrected chi connectivity index (χ3v) is 4.91. The van der Waals surface area contributed by atoms with Crippen molar-refractivity contribution in [3.8, 4) is 0 Å². The number of methoxy groups -OCH3 is 1. The quantitative estimate of drug-likeness (QED) is 0.683. The van der Waals surface area contributed by atoms with E-state index >= 15 is 0 Å². The van der Waals surface area contributed by atoms with Crippen LogP contribution in [0.25, 0.3) is 10.9 Å². The minimum Gasteiger partial charge on any atom is -0.466 e. The van der Waals surface area contributed by atoms with Crippen LogP contribution in [0.4, 0.5) is 0 Å². The van der Waals surface area contributed by atoms with Gasteiger partial charge in [-0.3, -0.25) is 14.7 Å². The molecule has 0 saturated carbocycles. The van der Waals surface area contributed by atoms with Crippen molar-refractivity contribution in [2.45, 2.75) is 6.42 Å². The van der Waals surface area contributed by atoms with Crippen molar-refractivity contribution in [3.63, 3.8) is 0 Å². The Labute approximate surface area is 143 Å². The molecule has 7 heteroatoms. The highest BCUT2D eigenvalue weighted by Gasteiger charge is 2.33. The fourth-order valence-corrected chi connectivity index (χ4v) is 3.53. The molecular formula is C17H17N3O3S. The molecule has 0 radical (unpaired) electrons. The van der Waals surface area contributed by atoms with E-state index in [0.717, 1.165) is 16.5 Å². The summed E-state index contributed by atoms with van der Waals surface area (Å²) in [7, 11) is 2.92. The van der Waals surface area contributed by atoms with Gasteiger partial charge in [0.15, 0.2) is 5.17 Å². The van der Waals surface area contributed by atoms with Crippen molar-refractivity contribution in [2.75, 3.05) is 20.7 Å². The minimum absolute atomic E-state index is 0.217. The second kappa shape index (κ2) is 6.92. The number of nitrogens with zero attached hydrogens (tertiary/aromatic N) is 2. The topological polar surface area (TPSA) is 74.8 Å². The van der Waals surface area contributed by atoms with Crippen LogP contribution in [0.3, 0.4) is 0 Å². The maximum absolute atomic E-state index is 12.5. The monoisotopic (exact) mass is 343 g/mol. The summed E-state index contributed by atoms with van der Waals surface area (Å²) in [5.41, 5.74) is 2.22. The van der Waals surface area contributed by atoms with E-state index in [1.165, 1.54) is 24.9 Å². The molecule has 0 spiro atoms. The normalized spacial score (nSPS) is 18.1. The molecule has 1 aliphatic heterocycles. The van der Waals surface area contributed by atoms with Crippen molar-refractivity contribution in [3.05, 3.63) is 47.0 Å². The Morgan fingerprint density at radius 3 is 2.96 bits per heavy atom. The van der Waals surface area contributed by atoms with E-state index in [1.807, 2.05) is 24.4 Å². The number of rotatable bonds is 4. The summed E-state index contributed by atoms with van der Waals surface area (Å²) in [6.07, 6.45) is 3.87. The van der Waals surface area contributed by atoms with E-state index in [0.29, 0.717) is 23.0 Å². The van der Waals surface area contributed by atoms with Crippen LogP contribution >= 0.6 is 11.8 Å². The average molecular weight is 343 g/mol. The number of amidine groups is 1.